The number of aromatic nitrogens is 2. The average molecular weight is 365 g/mol. The van der Waals surface area contributed by atoms with Crippen LogP contribution in [0.5, 0.6) is 0 Å². The van der Waals surface area contributed by atoms with Crippen LogP contribution in [-0.2, 0) is 17.9 Å². The molecule has 1 aromatic heterocycles. The monoisotopic (exact) mass is 365 g/mol. The van der Waals surface area contributed by atoms with E-state index in [1.807, 2.05) is 37.5 Å². The Morgan fingerprint density at radius 3 is 2.56 bits per heavy atom. The highest BCUT2D eigenvalue weighted by Gasteiger charge is 2.40. The fraction of sp³-hybridized carbons (Fsp3) is 0.476. The van der Waals surface area contributed by atoms with E-state index in [0.29, 0.717) is 17.9 Å². The van der Waals surface area contributed by atoms with Crippen LogP contribution < -0.4 is 5.32 Å². The number of amides is 1. The summed E-state index contributed by atoms with van der Waals surface area (Å²) < 4.78 is 0. The molecule has 5 rings (SSSR count). The first-order chi connectivity index (χ1) is 13.2. The van der Waals surface area contributed by atoms with Gasteiger partial charge in [0.15, 0.2) is 0 Å². The summed E-state index contributed by atoms with van der Waals surface area (Å²) in [5.74, 6) is 1.09. The van der Waals surface area contributed by atoms with E-state index in [1.54, 1.807) is 0 Å². The second kappa shape index (κ2) is 8.05. The minimum Gasteiger partial charge on any atom is -0.355 e. The van der Waals surface area contributed by atoms with Crippen molar-refractivity contribution in [3.05, 3.63) is 53.9 Å². The number of benzene rings is 1. The molecular formula is C21H27N5O. The second-order valence-electron chi connectivity index (χ2n) is 7.52. The summed E-state index contributed by atoms with van der Waals surface area (Å²) in [6.07, 6.45) is 5.87. The number of hydrogen-bond donors (Lipinski definition) is 1. The van der Waals surface area contributed by atoms with Crippen LogP contribution in [-0.4, -0.2) is 51.4 Å². The van der Waals surface area contributed by atoms with Gasteiger partial charge in [0, 0.05) is 56.7 Å². The number of rotatable bonds is 6. The standard InChI is InChI=1S/C21H27N5O/c1-2-22-21-23-10-17(11-24-21)12-25-14-18-8-9-19(15-25)26(20(18)27)13-16-6-4-3-5-7-16/h3-7,10-11,18-19H,2,8-9,12-15H2,1H3,(H,22,23,24)/t18-,19+/m1/s1. The predicted octanol–water partition coefficient (Wildman–Crippen LogP) is 2.53. The minimum atomic E-state index is 0.106. The molecule has 2 aromatic rings. The Labute approximate surface area is 160 Å². The van der Waals surface area contributed by atoms with Gasteiger partial charge in [0.05, 0.1) is 5.92 Å². The van der Waals surface area contributed by atoms with E-state index in [0.717, 1.165) is 51.1 Å². The van der Waals surface area contributed by atoms with Crippen LogP contribution in [0.3, 0.4) is 0 Å². The van der Waals surface area contributed by atoms with Crippen molar-refractivity contribution in [3.8, 4) is 0 Å². The molecule has 0 radical (unpaired) electrons. The summed E-state index contributed by atoms with van der Waals surface area (Å²) >= 11 is 0. The normalized spacial score (nSPS) is 22.7. The lowest BCUT2D eigenvalue weighted by Gasteiger charge is -2.36. The van der Waals surface area contributed by atoms with Crippen LogP contribution in [0.25, 0.3) is 0 Å². The van der Waals surface area contributed by atoms with Gasteiger partial charge in [0.2, 0.25) is 11.9 Å². The summed E-state index contributed by atoms with van der Waals surface area (Å²) in [7, 11) is 0. The Kier molecular flexibility index (Phi) is 5.34. The molecule has 0 unspecified atom stereocenters. The van der Waals surface area contributed by atoms with E-state index in [4.69, 9.17) is 0 Å². The Morgan fingerprint density at radius 2 is 1.81 bits per heavy atom. The highest BCUT2D eigenvalue weighted by molar-refractivity contribution is 5.80. The van der Waals surface area contributed by atoms with Gasteiger partial charge < -0.3 is 10.2 Å². The fourth-order valence-electron chi connectivity index (χ4n) is 4.19. The molecule has 3 fully saturated rings. The van der Waals surface area contributed by atoms with Crippen LogP contribution in [0.4, 0.5) is 5.95 Å². The van der Waals surface area contributed by atoms with Crippen molar-refractivity contribution in [2.24, 2.45) is 5.92 Å². The molecule has 4 heterocycles. The molecule has 1 aromatic carbocycles. The average Bonchev–Trinajstić information content (AvgIpc) is 2.96. The maximum absolute atomic E-state index is 13.0. The fourth-order valence-corrected chi connectivity index (χ4v) is 4.19. The first-order valence-electron chi connectivity index (χ1n) is 9.84. The highest BCUT2D eigenvalue weighted by atomic mass is 16.2. The summed E-state index contributed by atoms with van der Waals surface area (Å²) in [5, 5.41) is 3.12. The van der Waals surface area contributed by atoms with E-state index in [-0.39, 0.29) is 5.92 Å². The van der Waals surface area contributed by atoms with Crippen LogP contribution in [0, 0.1) is 5.92 Å². The minimum absolute atomic E-state index is 0.106. The number of carbonyl (C=O) groups is 1. The van der Waals surface area contributed by atoms with E-state index in [9.17, 15) is 4.79 Å². The SMILES string of the molecule is CCNc1ncc(CN2C[C@H]3CC[C@@H](C2)N(Cc2ccccc2)C3=O)cn1. The van der Waals surface area contributed by atoms with Crippen LogP contribution >= 0.6 is 0 Å². The van der Waals surface area contributed by atoms with Gasteiger partial charge in [-0.25, -0.2) is 9.97 Å². The smallest absolute Gasteiger partial charge is 0.227 e. The van der Waals surface area contributed by atoms with Crippen molar-refractivity contribution in [2.75, 3.05) is 25.0 Å². The molecule has 1 amide bonds. The maximum atomic E-state index is 13.0. The quantitative estimate of drug-likeness (QED) is 0.852. The Hall–Kier alpha value is -2.47. The molecule has 2 bridgehead atoms. The molecule has 6 nitrogen and oxygen atoms in total. The van der Waals surface area contributed by atoms with Gasteiger partial charge in [-0.05, 0) is 25.3 Å². The van der Waals surface area contributed by atoms with Gasteiger partial charge >= 0.3 is 0 Å². The molecule has 0 saturated carbocycles. The zero-order valence-corrected chi connectivity index (χ0v) is 15.8. The maximum Gasteiger partial charge on any atom is 0.227 e. The molecule has 3 saturated heterocycles. The lowest BCUT2D eigenvalue weighted by Crippen LogP contribution is -2.47. The van der Waals surface area contributed by atoms with Crippen molar-refractivity contribution in [2.45, 2.75) is 38.9 Å². The van der Waals surface area contributed by atoms with E-state index in [1.165, 1.54) is 5.56 Å². The van der Waals surface area contributed by atoms with E-state index in [2.05, 4.69) is 37.2 Å². The Bertz CT molecular complexity index is 764. The van der Waals surface area contributed by atoms with Crippen molar-refractivity contribution in [1.29, 1.82) is 0 Å². The number of carbonyl (C=O) groups excluding carboxylic acids is 1. The van der Waals surface area contributed by atoms with Crippen molar-refractivity contribution < 1.29 is 4.79 Å². The predicted molar refractivity (Wildman–Crippen MR) is 105 cm³/mol. The number of nitrogens with zero attached hydrogens (tertiary/aromatic N) is 4. The van der Waals surface area contributed by atoms with Gasteiger partial charge in [-0.15, -0.1) is 0 Å². The van der Waals surface area contributed by atoms with Crippen molar-refractivity contribution in [1.82, 2.24) is 19.8 Å². The zero-order chi connectivity index (χ0) is 18.6. The molecule has 2 atom stereocenters. The zero-order valence-electron chi connectivity index (χ0n) is 15.8. The number of piperidine rings is 1. The Balaban J connectivity index is 1.44. The molecule has 27 heavy (non-hydrogen) atoms. The first-order valence-corrected chi connectivity index (χ1v) is 9.84. The van der Waals surface area contributed by atoms with Gasteiger partial charge in [-0.1, -0.05) is 30.3 Å². The summed E-state index contributed by atoms with van der Waals surface area (Å²) in [4.78, 5) is 26.2. The molecule has 0 spiro atoms. The van der Waals surface area contributed by atoms with E-state index >= 15 is 0 Å². The topological polar surface area (TPSA) is 61.4 Å². The molecule has 3 aliphatic rings. The number of hydrogen-bond acceptors (Lipinski definition) is 5. The first kappa shape index (κ1) is 17.9. The molecular weight excluding hydrogens is 338 g/mol. The summed E-state index contributed by atoms with van der Waals surface area (Å²) in [6, 6.07) is 10.6. The third kappa shape index (κ3) is 4.11. The van der Waals surface area contributed by atoms with Crippen LogP contribution in [0.2, 0.25) is 0 Å². The summed E-state index contributed by atoms with van der Waals surface area (Å²) in [5.41, 5.74) is 2.30. The van der Waals surface area contributed by atoms with Crippen molar-refractivity contribution >= 4 is 11.9 Å². The lowest BCUT2D eigenvalue weighted by molar-refractivity contribution is -0.140. The molecule has 0 aliphatic carbocycles. The van der Waals surface area contributed by atoms with Gasteiger partial charge in [0.25, 0.3) is 0 Å². The molecule has 142 valence electrons. The van der Waals surface area contributed by atoms with Gasteiger partial charge in [-0.2, -0.15) is 0 Å². The highest BCUT2D eigenvalue weighted by Crippen LogP contribution is 2.31. The largest absolute Gasteiger partial charge is 0.355 e. The van der Waals surface area contributed by atoms with Gasteiger partial charge in [-0.3, -0.25) is 9.69 Å². The molecule has 1 N–H and O–H groups in total. The van der Waals surface area contributed by atoms with Gasteiger partial charge in [0.1, 0.15) is 0 Å². The second-order valence-corrected chi connectivity index (χ2v) is 7.52. The third-order valence-electron chi connectivity index (χ3n) is 5.51. The van der Waals surface area contributed by atoms with Crippen molar-refractivity contribution in [3.63, 3.8) is 0 Å². The van der Waals surface area contributed by atoms with Crippen LogP contribution in [0.1, 0.15) is 30.9 Å². The number of fused-ring (bicyclic) bond motifs is 4. The summed E-state index contributed by atoms with van der Waals surface area (Å²) in [6.45, 7) is 6.11. The number of nitrogens with one attached hydrogen (secondary N) is 1. The lowest BCUT2D eigenvalue weighted by atomic mass is 9.93. The molecule has 6 heteroatoms. The third-order valence-corrected chi connectivity index (χ3v) is 5.51. The Morgan fingerprint density at radius 1 is 1.04 bits per heavy atom. The molecule has 3 aliphatic heterocycles. The van der Waals surface area contributed by atoms with E-state index < -0.39 is 0 Å². The van der Waals surface area contributed by atoms with Crippen LogP contribution in [0.15, 0.2) is 42.7 Å². The number of anilines is 1.